The Morgan fingerprint density at radius 1 is 1.16 bits per heavy atom. The molecule has 2 aliphatic rings. The van der Waals surface area contributed by atoms with E-state index in [0.29, 0.717) is 32.4 Å². The van der Waals surface area contributed by atoms with Crippen molar-refractivity contribution in [2.75, 3.05) is 30.1 Å². The molecule has 2 aliphatic heterocycles. The first-order valence-corrected chi connectivity index (χ1v) is 12.7. The van der Waals surface area contributed by atoms with Crippen molar-refractivity contribution in [2.45, 2.75) is 11.3 Å². The Bertz CT molecular complexity index is 1140. The van der Waals surface area contributed by atoms with Gasteiger partial charge >= 0.3 is 0 Å². The normalized spacial score (nSPS) is 23.1. The van der Waals surface area contributed by atoms with Crippen molar-refractivity contribution in [3.63, 3.8) is 0 Å². The minimum Gasteiger partial charge on any atom is -0.495 e. The van der Waals surface area contributed by atoms with Gasteiger partial charge in [-0.05, 0) is 42.5 Å². The summed E-state index contributed by atoms with van der Waals surface area (Å²) in [5.74, 6) is 0.498. The summed E-state index contributed by atoms with van der Waals surface area (Å²) in [6.07, 6.45) is 0. The van der Waals surface area contributed by atoms with Crippen LogP contribution in [0.3, 0.4) is 0 Å². The molecule has 0 aromatic heterocycles. The molecule has 11 heteroatoms. The van der Waals surface area contributed by atoms with Crippen LogP contribution in [0.25, 0.3) is 0 Å². The van der Waals surface area contributed by atoms with Gasteiger partial charge in [-0.3, -0.25) is 4.79 Å². The monoisotopic (exact) mass is 500 g/mol. The fraction of sp³-hybridized carbons (Fsp3) is 0.300. The van der Waals surface area contributed by atoms with Gasteiger partial charge in [-0.25, -0.2) is 8.42 Å². The van der Waals surface area contributed by atoms with Gasteiger partial charge in [-0.1, -0.05) is 35.0 Å². The number of hydrogen-bond donors (Lipinski definition) is 0. The summed E-state index contributed by atoms with van der Waals surface area (Å²) < 4.78 is 35.4. The van der Waals surface area contributed by atoms with Crippen molar-refractivity contribution in [2.24, 2.45) is 4.99 Å². The van der Waals surface area contributed by atoms with Gasteiger partial charge in [-0.2, -0.15) is 4.99 Å². The number of ether oxygens (including phenoxy) is 2. The van der Waals surface area contributed by atoms with Gasteiger partial charge < -0.3 is 14.4 Å². The molecule has 2 fully saturated rings. The van der Waals surface area contributed by atoms with Crippen molar-refractivity contribution < 1.29 is 22.7 Å². The van der Waals surface area contributed by atoms with Crippen molar-refractivity contribution in [1.82, 2.24) is 0 Å². The van der Waals surface area contributed by atoms with Gasteiger partial charge in [0.1, 0.15) is 11.5 Å². The third-order valence-electron chi connectivity index (χ3n) is 4.86. The zero-order valence-electron chi connectivity index (χ0n) is 16.3. The van der Waals surface area contributed by atoms with Crippen LogP contribution in [0, 0.1) is 0 Å². The Kier molecular flexibility index (Phi) is 6.39. The van der Waals surface area contributed by atoms with E-state index in [2.05, 4.69) is 4.99 Å². The van der Waals surface area contributed by atoms with E-state index in [1.807, 2.05) is 0 Å². The van der Waals surface area contributed by atoms with Gasteiger partial charge in [0, 0.05) is 15.3 Å². The number of amidine groups is 1. The number of halogens is 2. The summed E-state index contributed by atoms with van der Waals surface area (Å²) >= 11 is 13.3. The fourth-order valence-electron chi connectivity index (χ4n) is 3.51. The number of rotatable bonds is 5. The first-order chi connectivity index (χ1) is 14.8. The molecule has 0 aliphatic carbocycles. The Balaban J connectivity index is 1.61. The number of anilines is 1. The van der Waals surface area contributed by atoms with Crippen LogP contribution < -0.4 is 14.4 Å². The zero-order valence-corrected chi connectivity index (χ0v) is 19.5. The molecule has 31 heavy (non-hydrogen) atoms. The molecular formula is C20H18Cl2N2O5S2. The molecule has 2 heterocycles. The fourth-order valence-corrected chi connectivity index (χ4v) is 7.73. The third-order valence-corrected chi connectivity index (χ3v) is 8.56. The Hall–Kier alpha value is -1.94. The van der Waals surface area contributed by atoms with Gasteiger partial charge in [0.25, 0.3) is 5.91 Å². The van der Waals surface area contributed by atoms with Crippen LogP contribution in [-0.4, -0.2) is 56.0 Å². The molecule has 0 bridgehead atoms. The topological polar surface area (TPSA) is 85.3 Å². The highest BCUT2D eigenvalue weighted by Gasteiger charge is 2.50. The number of aliphatic imine (C=N–C) groups is 1. The highest BCUT2D eigenvalue weighted by molar-refractivity contribution is 8.16. The molecule has 164 valence electrons. The molecular weight excluding hydrogens is 483 g/mol. The van der Waals surface area contributed by atoms with E-state index in [-0.39, 0.29) is 29.4 Å². The second kappa shape index (κ2) is 8.90. The lowest BCUT2D eigenvalue weighted by Gasteiger charge is -2.26. The number of hydrogen-bond acceptors (Lipinski definition) is 6. The molecule has 0 spiro atoms. The maximum absolute atomic E-state index is 12.5. The summed E-state index contributed by atoms with van der Waals surface area (Å²) in [5.41, 5.74) is 0.567. The first kappa shape index (κ1) is 22.3. The maximum atomic E-state index is 12.5. The van der Waals surface area contributed by atoms with E-state index in [4.69, 9.17) is 32.7 Å². The van der Waals surface area contributed by atoms with Crippen molar-refractivity contribution in [3.05, 3.63) is 52.5 Å². The number of carbonyl (C=O) groups is 1. The lowest BCUT2D eigenvalue weighted by atomic mass is 10.2. The van der Waals surface area contributed by atoms with Crippen molar-refractivity contribution >= 4 is 61.6 Å². The number of nitrogens with zero attached hydrogens (tertiary/aromatic N) is 2. The van der Waals surface area contributed by atoms with Gasteiger partial charge in [-0.15, -0.1) is 0 Å². The van der Waals surface area contributed by atoms with E-state index >= 15 is 0 Å². The van der Waals surface area contributed by atoms with Gasteiger partial charge in [0.05, 0.1) is 30.3 Å². The van der Waals surface area contributed by atoms with E-state index < -0.39 is 15.7 Å². The second-order valence-electron chi connectivity index (χ2n) is 7.02. The van der Waals surface area contributed by atoms with Crippen LogP contribution in [0.4, 0.5) is 5.69 Å². The molecule has 0 N–H and O–H groups in total. The van der Waals surface area contributed by atoms with Crippen LogP contribution in [0.15, 0.2) is 47.5 Å². The summed E-state index contributed by atoms with van der Waals surface area (Å²) in [5, 5.41) is 1.18. The number of methoxy groups -OCH3 is 1. The molecule has 2 atom stereocenters. The molecule has 4 rings (SSSR count). The van der Waals surface area contributed by atoms with Gasteiger partial charge in [0.2, 0.25) is 0 Å². The first-order valence-electron chi connectivity index (χ1n) is 9.25. The zero-order chi connectivity index (χ0) is 22.2. The molecule has 2 saturated heterocycles. The highest BCUT2D eigenvalue weighted by Crippen LogP contribution is 2.44. The predicted molar refractivity (Wildman–Crippen MR) is 124 cm³/mol. The molecule has 2 unspecified atom stereocenters. The Morgan fingerprint density at radius 2 is 1.87 bits per heavy atom. The Labute approximate surface area is 194 Å². The number of amides is 1. The number of thioether (sulfide) groups is 1. The van der Waals surface area contributed by atoms with Gasteiger partial charge in [0.15, 0.2) is 21.6 Å². The van der Waals surface area contributed by atoms with E-state index in [1.54, 1.807) is 47.4 Å². The quantitative estimate of drug-likeness (QED) is 0.618. The molecule has 7 nitrogen and oxygen atoms in total. The van der Waals surface area contributed by atoms with E-state index in [9.17, 15) is 13.2 Å². The number of carbonyl (C=O) groups excluding carboxylic acids is 1. The third kappa shape index (κ3) is 4.95. The average molecular weight is 501 g/mol. The molecule has 2 aromatic rings. The number of fused-ring (bicyclic) bond motifs is 1. The molecule has 0 radical (unpaired) electrons. The lowest BCUT2D eigenvalue weighted by molar-refractivity contribution is -0.119. The van der Waals surface area contributed by atoms with E-state index in [1.165, 1.54) is 18.9 Å². The van der Waals surface area contributed by atoms with E-state index in [0.717, 1.165) is 0 Å². The minimum absolute atomic E-state index is 0.0240. The van der Waals surface area contributed by atoms with Crippen molar-refractivity contribution in [3.8, 4) is 11.5 Å². The summed E-state index contributed by atoms with van der Waals surface area (Å²) in [4.78, 5) is 18.5. The van der Waals surface area contributed by atoms with Crippen LogP contribution in [0.1, 0.15) is 0 Å². The summed E-state index contributed by atoms with van der Waals surface area (Å²) in [6, 6.07) is 11.3. The van der Waals surface area contributed by atoms with Crippen LogP contribution in [0.2, 0.25) is 10.0 Å². The lowest BCUT2D eigenvalue weighted by Crippen LogP contribution is -2.38. The van der Waals surface area contributed by atoms with Crippen LogP contribution in [-0.2, 0) is 14.6 Å². The average Bonchev–Trinajstić information content (AvgIpc) is 3.18. The molecule has 2 aromatic carbocycles. The highest BCUT2D eigenvalue weighted by atomic mass is 35.5. The minimum atomic E-state index is -3.19. The largest absolute Gasteiger partial charge is 0.495 e. The van der Waals surface area contributed by atoms with Crippen LogP contribution >= 0.6 is 35.0 Å². The smallest absolute Gasteiger partial charge is 0.285 e. The molecule has 0 saturated carbocycles. The maximum Gasteiger partial charge on any atom is 0.285 e. The van der Waals surface area contributed by atoms with Crippen molar-refractivity contribution in [1.29, 1.82) is 0 Å². The SMILES string of the molecule is COc1ccc(Cl)cc1N1C(=NC(=O)COc2ccc(Cl)cc2)SC2CS(=O)(=O)CC21. The standard InChI is InChI=1S/C20H18Cl2N2O5S2/c1-28-17-7-4-13(22)8-15(17)24-16-10-31(26,27)11-18(16)30-20(24)23-19(25)9-29-14-5-2-12(21)3-6-14/h2-8,16,18H,9-11H2,1H3. The number of sulfone groups is 1. The second-order valence-corrected chi connectivity index (χ2v) is 11.3. The molecule has 1 amide bonds. The predicted octanol–water partition coefficient (Wildman–Crippen LogP) is 3.68. The number of benzene rings is 2. The Morgan fingerprint density at radius 3 is 2.58 bits per heavy atom. The van der Waals surface area contributed by atoms with Crippen LogP contribution in [0.5, 0.6) is 11.5 Å². The summed E-state index contributed by atoms with van der Waals surface area (Å²) in [6.45, 7) is -0.264. The summed E-state index contributed by atoms with van der Waals surface area (Å²) in [7, 11) is -1.67.